The van der Waals surface area contributed by atoms with Gasteiger partial charge in [-0.2, -0.15) is 10.5 Å². The molecule has 0 aromatic heterocycles. The van der Waals surface area contributed by atoms with Gasteiger partial charge in [-0.15, -0.1) is 0 Å². The number of nitriles is 2. The van der Waals surface area contributed by atoms with Crippen molar-refractivity contribution in [2.75, 3.05) is 9.80 Å². The third-order valence-corrected chi connectivity index (χ3v) is 12.6. The van der Waals surface area contributed by atoms with E-state index in [1.165, 1.54) is 12.1 Å². The van der Waals surface area contributed by atoms with Gasteiger partial charge in [0.2, 0.25) is 0 Å². The maximum atomic E-state index is 17.0. The SMILES string of the molecule is Cc1cccc(C)c1-c1cc(F)cc(F)c1N(c1ccc(C#N)cc1)c1ccc2ccc3c(N(c4ccc(C#N)cc4)c4c(F)cc(F)cc4-c4c(C)cccc4C)ccc4ccc1c2c43. The Morgan fingerprint density at radius 1 is 0.409 bits per heavy atom. The molecule has 0 aliphatic rings. The number of hydrogen-bond donors (Lipinski definition) is 0. The van der Waals surface area contributed by atoms with Gasteiger partial charge in [-0.25, -0.2) is 17.6 Å². The molecule has 0 spiro atoms. The van der Waals surface area contributed by atoms with Gasteiger partial charge in [-0.05, 0) is 155 Å². The van der Waals surface area contributed by atoms with E-state index >= 15 is 17.6 Å². The van der Waals surface area contributed by atoms with Crippen LogP contribution in [0.15, 0.2) is 158 Å². The number of benzene rings is 10. The van der Waals surface area contributed by atoms with Crippen LogP contribution in [0.3, 0.4) is 0 Å². The minimum absolute atomic E-state index is 0.132. The minimum Gasteiger partial charge on any atom is -0.307 e. The molecule has 0 bridgehead atoms. The number of aryl methyl sites for hydroxylation is 4. The number of hydrogen-bond acceptors (Lipinski definition) is 4. The highest BCUT2D eigenvalue weighted by Crippen LogP contribution is 2.52. The van der Waals surface area contributed by atoms with Crippen molar-refractivity contribution < 1.29 is 17.6 Å². The van der Waals surface area contributed by atoms with Crippen LogP contribution in [0.25, 0.3) is 54.6 Å². The van der Waals surface area contributed by atoms with E-state index in [-0.39, 0.29) is 11.4 Å². The first-order chi connectivity index (χ1) is 31.9. The van der Waals surface area contributed by atoms with Crippen molar-refractivity contribution in [3.63, 3.8) is 0 Å². The Kier molecular flexibility index (Phi) is 10.2. The first-order valence-electron chi connectivity index (χ1n) is 21.4. The summed E-state index contributed by atoms with van der Waals surface area (Å²) in [5, 5.41) is 24.5. The van der Waals surface area contributed by atoms with E-state index in [2.05, 4.69) is 12.1 Å². The van der Waals surface area contributed by atoms with Gasteiger partial charge in [0.1, 0.15) is 11.6 Å². The van der Waals surface area contributed by atoms with E-state index in [1.54, 1.807) is 58.3 Å². The van der Waals surface area contributed by atoms with Gasteiger partial charge in [-0.1, -0.05) is 72.8 Å². The predicted molar refractivity (Wildman–Crippen MR) is 259 cm³/mol. The van der Waals surface area contributed by atoms with E-state index in [9.17, 15) is 10.5 Å². The van der Waals surface area contributed by atoms with Crippen molar-refractivity contribution in [2.45, 2.75) is 27.7 Å². The zero-order valence-corrected chi connectivity index (χ0v) is 36.3. The number of halogens is 4. The Hall–Kier alpha value is -8.46. The van der Waals surface area contributed by atoms with Crippen LogP contribution in [0.1, 0.15) is 33.4 Å². The molecule has 0 atom stereocenters. The molecular weight excluding hydrogens is 829 g/mol. The van der Waals surface area contributed by atoms with Gasteiger partial charge in [0.15, 0.2) is 11.6 Å². The first-order valence-corrected chi connectivity index (χ1v) is 21.4. The molecule has 0 saturated heterocycles. The van der Waals surface area contributed by atoms with Crippen molar-refractivity contribution in [1.82, 2.24) is 0 Å². The number of rotatable bonds is 8. The second kappa shape index (κ2) is 16.3. The molecule has 0 aliphatic carbocycles. The number of nitrogens with zero attached hydrogens (tertiary/aromatic N) is 4. The Morgan fingerprint density at radius 2 is 0.758 bits per heavy atom. The van der Waals surface area contributed by atoms with Gasteiger partial charge in [-0.3, -0.25) is 0 Å². The lowest BCUT2D eigenvalue weighted by Gasteiger charge is -2.32. The fourth-order valence-corrected chi connectivity index (χ4v) is 9.75. The van der Waals surface area contributed by atoms with Gasteiger partial charge >= 0.3 is 0 Å². The summed E-state index contributed by atoms with van der Waals surface area (Å²) in [6, 6.07) is 49.8. The molecule has 318 valence electrons. The van der Waals surface area contributed by atoms with Crippen LogP contribution < -0.4 is 9.80 Å². The van der Waals surface area contributed by atoms with Crippen molar-refractivity contribution >= 4 is 66.4 Å². The van der Waals surface area contributed by atoms with E-state index in [0.29, 0.717) is 56.1 Å². The van der Waals surface area contributed by atoms with Gasteiger partial charge in [0.25, 0.3) is 0 Å². The quantitative estimate of drug-likeness (QED) is 0.113. The standard InChI is InChI=1S/C58H38F4N4/c1-33-7-5-8-34(2)53(33)47-27-41(59)29-49(61)57(47)65(43-19-11-37(31-63)12-20-43)51-25-17-39-16-24-46-52(26-18-40-15-23-45(51)55(39)56(40)46)66(44-21-13-38(32-64)14-22-44)58-48(28-42(60)30-50(58)62)54-35(3)9-6-10-36(54)4/h5-30H,1-4H3. The Bertz CT molecular complexity index is 3380. The molecule has 0 fully saturated rings. The van der Waals surface area contributed by atoms with Crippen molar-refractivity contribution in [3.05, 3.63) is 214 Å². The summed E-state index contributed by atoms with van der Waals surface area (Å²) >= 11 is 0. The second-order valence-electron chi connectivity index (χ2n) is 16.7. The molecular formula is C58H38F4N4. The molecule has 0 heterocycles. The summed E-state index contributed by atoms with van der Waals surface area (Å²) in [6.45, 7) is 7.66. The molecule has 10 aromatic carbocycles. The summed E-state index contributed by atoms with van der Waals surface area (Å²) in [5.74, 6) is -2.99. The van der Waals surface area contributed by atoms with Crippen LogP contribution in [0.2, 0.25) is 0 Å². The van der Waals surface area contributed by atoms with Gasteiger partial charge in [0, 0.05) is 45.4 Å². The topological polar surface area (TPSA) is 54.1 Å². The van der Waals surface area contributed by atoms with Crippen LogP contribution in [0.4, 0.5) is 51.7 Å². The third kappa shape index (κ3) is 6.83. The molecule has 66 heavy (non-hydrogen) atoms. The zero-order valence-electron chi connectivity index (χ0n) is 36.3. The van der Waals surface area contributed by atoms with E-state index in [4.69, 9.17) is 0 Å². The molecule has 4 nitrogen and oxygen atoms in total. The molecule has 0 aliphatic heterocycles. The van der Waals surface area contributed by atoms with Crippen LogP contribution in [-0.2, 0) is 0 Å². The first kappa shape index (κ1) is 41.5. The summed E-state index contributed by atoms with van der Waals surface area (Å²) in [7, 11) is 0. The molecule has 0 unspecified atom stereocenters. The summed E-state index contributed by atoms with van der Waals surface area (Å²) in [6.07, 6.45) is 0. The van der Waals surface area contributed by atoms with Crippen LogP contribution in [0.5, 0.6) is 0 Å². The van der Waals surface area contributed by atoms with Crippen LogP contribution in [-0.4, -0.2) is 0 Å². The summed E-state index contributed by atoms with van der Waals surface area (Å²) < 4.78 is 64.9. The van der Waals surface area contributed by atoms with Gasteiger partial charge < -0.3 is 9.80 Å². The summed E-state index contributed by atoms with van der Waals surface area (Å²) in [4.78, 5) is 3.58. The molecule has 10 aromatic rings. The lowest BCUT2D eigenvalue weighted by molar-refractivity contribution is 0.584. The van der Waals surface area contributed by atoms with Crippen molar-refractivity contribution in [2.24, 2.45) is 0 Å². The predicted octanol–water partition coefficient (Wildman–Crippen LogP) is 16.4. The molecule has 8 heteroatoms. The fraction of sp³-hybridized carbons (Fsp3) is 0.0690. The van der Waals surface area contributed by atoms with Crippen molar-refractivity contribution in [3.8, 4) is 34.4 Å². The van der Waals surface area contributed by atoms with E-state index < -0.39 is 23.3 Å². The molecule has 0 N–H and O–H groups in total. The highest BCUT2D eigenvalue weighted by atomic mass is 19.1. The maximum Gasteiger partial charge on any atom is 0.150 e. The highest BCUT2D eigenvalue weighted by molar-refractivity contribution is 6.28. The average Bonchev–Trinajstić information content (AvgIpc) is 3.30. The van der Waals surface area contributed by atoms with Crippen LogP contribution in [0, 0.1) is 73.6 Å². The monoisotopic (exact) mass is 866 g/mol. The summed E-state index contributed by atoms with van der Waals surface area (Å²) in [5.41, 5.74) is 8.85. The Labute approximate surface area is 379 Å². The zero-order chi connectivity index (χ0) is 46.0. The number of anilines is 6. The van der Waals surface area contributed by atoms with Crippen molar-refractivity contribution in [1.29, 1.82) is 10.5 Å². The molecule has 0 amide bonds. The highest BCUT2D eigenvalue weighted by Gasteiger charge is 2.29. The average molecular weight is 867 g/mol. The third-order valence-electron chi connectivity index (χ3n) is 12.6. The van der Waals surface area contributed by atoms with E-state index in [1.807, 2.05) is 113 Å². The Morgan fingerprint density at radius 3 is 1.11 bits per heavy atom. The molecule has 0 saturated carbocycles. The maximum absolute atomic E-state index is 17.0. The minimum atomic E-state index is -0.774. The van der Waals surface area contributed by atoms with Gasteiger partial charge in [0.05, 0.1) is 46.0 Å². The Balaban J connectivity index is 1.29. The van der Waals surface area contributed by atoms with Crippen LogP contribution >= 0.6 is 0 Å². The largest absolute Gasteiger partial charge is 0.307 e. The molecule has 0 radical (unpaired) electrons. The lowest BCUT2D eigenvalue weighted by Crippen LogP contribution is -2.15. The second-order valence-corrected chi connectivity index (χ2v) is 16.7. The normalized spacial score (nSPS) is 11.3. The smallest absolute Gasteiger partial charge is 0.150 e. The lowest BCUT2D eigenvalue weighted by atomic mass is 9.90. The van der Waals surface area contributed by atoms with E-state index in [0.717, 1.165) is 66.7 Å². The molecule has 10 rings (SSSR count). The fourth-order valence-electron chi connectivity index (χ4n) is 9.75.